The van der Waals surface area contributed by atoms with Crippen LogP contribution < -0.4 is 19.7 Å². The monoisotopic (exact) mass is 557 g/mol. The predicted molar refractivity (Wildman–Crippen MR) is 152 cm³/mol. The molecule has 0 aliphatic carbocycles. The molecule has 2 bridgehead atoms. The van der Waals surface area contributed by atoms with Crippen molar-refractivity contribution in [2.45, 2.75) is 31.1 Å². The first-order valence-corrected chi connectivity index (χ1v) is 13.6. The van der Waals surface area contributed by atoms with Crippen LogP contribution in [0, 0.1) is 11.3 Å². The molecule has 8 rings (SSSR count). The van der Waals surface area contributed by atoms with Gasteiger partial charge in [-0.1, -0.05) is 12.1 Å². The normalized spacial score (nSPS) is 24.7. The number of nitrogens with one attached hydrogen (secondary N) is 1. The van der Waals surface area contributed by atoms with Gasteiger partial charge in [-0.3, -0.25) is 9.88 Å². The first-order valence-electron chi connectivity index (χ1n) is 16.1. The lowest BCUT2D eigenvalue weighted by atomic mass is 9.87. The minimum Gasteiger partial charge on any atom is -0.497 e. The summed E-state index contributed by atoms with van der Waals surface area (Å²) in [4.78, 5) is 13.4. The van der Waals surface area contributed by atoms with Crippen LogP contribution in [-0.2, 0) is 11.2 Å². The Bertz CT molecular complexity index is 1740. The van der Waals surface area contributed by atoms with Crippen molar-refractivity contribution in [3.05, 3.63) is 66.2 Å². The van der Waals surface area contributed by atoms with Crippen LogP contribution in [0.25, 0.3) is 16.8 Å². The highest BCUT2D eigenvalue weighted by Crippen LogP contribution is 2.36. The highest BCUT2D eigenvalue weighted by atomic mass is 16.5. The zero-order valence-corrected chi connectivity index (χ0v) is 22.2. The second kappa shape index (κ2) is 11.0. The van der Waals surface area contributed by atoms with Gasteiger partial charge in [0.2, 0.25) is 0 Å². The van der Waals surface area contributed by atoms with E-state index in [9.17, 15) is 5.26 Å². The number of ether oxygens (including phenoxy) is 3. The van der Waals surface area contributed by atoms with Crippen LogP contribution in [0.15, 0.2) is 55.1 Å². The third kappa shape index (κ3) is 5.06. The molecule has 3 atom stereocenters. The number of hydrogen-bond donors (Lipinski definition) is 1. The van der Waals surface area contributed by atoms with Gasteiger partial charge in [-0.05, 0) is 30.2 Å². The number of methoxy groups -OCH3 is 1. The average Bonchev–Trinajstić information content (AvgIpc) is 3.46. The third-order valence-electron chi connectivity index (χ3n) is 7.81. The largest absolute Gasteiger partial charge is 0.497 e. The molecule has 0 spiro atoms. The molecule has 1 N–H and O–H groups in total. The van der Waals surface area contributed by atoms with Crippen LogP contribution in [0.1, 0.15) is 24.4 Å². The summed E-state index contributed by atoms with van der Waals surface area (Å²) in [7, 11) is -2.56. The summed E-state index contributed by atoms with van der Waals surface area (Å²) in [5.41, 5.74) is 2.71. The molecule has 210 valence electrons. The second-order valence-corrected chi connectivity index (χ2v) is 10.4. The Hall–Kier alpha value is -4.24. The molecular formula is C30H32N8O3. The van der Waals surface area contributed by atoms with E-state index in [1.165, 1.54) is 18.3 Å². The molecule has 4 aromatic rings. The fraction of sp³-hybridized carbons (Fsp3) is 0.400. The van der Waals surface area contributed by atoms with Gasteiger partial charge >= 0.3 is 0 Å². The molecule has 0 radical (unpaired) electrons. The van der Waals surface area contributed by atoms with Crippen LogP contribution in [0.4, 0.5) is 5.82 Å². The summed E-state index contributed by atoms with van der Waals surface area (Å²) >= 11 is 0. The van der Waals surface area contributed by atoms with Crippen molar-refractivity contribution in [1.82, 2.24) is 29.8 Å². The number of piperazine rings is 1. The Kier molecular flexibility index (Phi) is 5.51. The van der Waals surface area contributed by atoms with Crippen LogP contribution >= 0.6 is 0 Å². The molecule has 2 unspecified atom stereocenters. The molecule has 7 heterocycles. The van der Waals surface area contributed by atoms with Crippen molar-refractivity contribution < 1.29 is 21.1 Å². The van der Waals surface area contributed by atoms with Crippen molar-refractivity contribution in [1.29, 1.82) is 5.26 Å². The summed E-state index contributed by atoms with van der Waals surface area (Å²) in [6.07, 6.45) is 7.44. The second-order valence-electron chi connectivity index (χ2n) is 10.4. The number of anilines is 1. The summed E-state index contributed by atoms with van der Waals surface area (Å²) in [5.74, 6) is 1.42. The van der Waals surface area contributed by atoms with Crippen molar-refractivity contribution >= 4 is 11.3 Å². The van der Waals surface area contributed by atoms with Crippen LogP contribution in [0.3, 0.4) is 0 Å². The first kappa shape index (κ1) is 20.6. The van der Waals surface area contributed by atoms with E-state index in [0.29, 0.717) is 72.3 Å². The molecule has 4 fully saturated rings. The summed E-state index contributed by atoms with van der Waals surface area (Å²) < 4.78 is 58.0. The van der Waals surface area contributed by atoms with Crippen molar-refractivity contribution in [3.8, 4) is 28.8 Å². The smallest absolute Gasteiger partial charge is 0.147 e. The first-order chi connectivity index (χ1) is 22.1. The zero-order valence-electron chi connectivity index (χ0n) is 27.2. The summed E-state index contributed by atoms with van der Waals surface area (Å²) in [5, 5.41) is 17.4. The Morgan fingerprint density at radius 2 is 2.05 bits per heavy atom. The van der Waals surface area contributed by atoms with Gasteiger partial charge < -0.3 is 24.4 Å². The minimum atomic E-state index is -2.56. The van der Waals surface area contributed by atoms with Crippen molar-refractivity contribution in [2.24, 2.45) is 0 Å². The Balaban J connectivity index is 1.06. The van der Waals surface area contributed by atoms with Crippen LogP contribution in [-0.4, -0.2) is 89.1 Å². The van der Waals surface area contributed by atoms with E-state index in [4.69, 9.17) is 31.0 Å². The van der Waals surface area contributed by atoms with E-state index in [2.05, 4.69) is 21.4 Å². The number of nitriles is 1. The van der Waals surface area contributed by atoms with Crippen LogP contribution in [0.5, 0.6) is 11.5 Å². The van der Waals surface area contributed by atoms with Gasteiger partial charge in [0.25, 0.3) is 0 Å². The number of morpholine rings is 1. The van der Waals surface area contributed by atoms with Gasteiger partial charge in [-0.25, -0.2) is 9.50 Å². The maximum atomic E-state index is 9.73. The fourth-order valence-corrected chi connectivity index (χ4v) is 5.72. The molecule has 3 aromatic heterocycles. The fourth-order valence-electron chi connectivity index (χ4n) is 5.72. The van der Waals surface area contributed by atoms with Crippen molar-refractivity contribution in [2.75, 3.05) is 51.3 Å². The standard InChI is InChI=1S/C30H32N8O3/c1-39-24-4-2-20(3-5-24)15-37-22-8-23(37)17-36(16-22)29-14-33-28(13-34-29)27-9-25(41-19-26-12-32-6-7-40-26)18-38-30(27)21(10-31)11-35-38/h2-5,9,11,13-14,18,22-23,26,32H,6-8,12,15-17,19H2,1H3/t22?,23?,26-/m1/s1/i1D3,15D2. The highest BCUT2D eigenvalue weighted by molar-refractivity contribution is 5.83. The molecule has 11 heteroatoms. The number of benzene rings is 1. The molecule has 4 aliphatic heterocycles. The highest BCUT2D eigenvalue weighted by Gasteiger charge is 2.44. The van der Waals surface area contributed by atoms with Gasteiger partial charge in [-0.2, -0.15) is 10.4 Å². The molecular weight excluding hydrogens is 520 g/mol. The van der Waals surface area contributed by atoms with Gasteiger partial charge in [0, 0.05) is 53.1 Å². The van der Waals surface area contributed by atoms with E-state index < -0.39 is 13.5 Å². The van der Waals surface area contributed by atoms with E-state index in [-0.39, 0.29) is 23.9 Å². The zero-order chi connectivity index (χ0) is 32.1. The molecule has 11 nitrogen and oxygen atoms in total. The van der Waals surface area contributed by atoms with E-state index >= 15 is 0 Å². The van der Waals surface area contributed by atoms with Gasteiger partial charge in [0.1, 0.15) is 36.1 Å². The Labute approximate surface area is 245 Å². The number of rotatable bonds is 8. The molecule has 4 aliphatic rings. The lowest BCUT2D eigenvalue weighted by Gasteiger charge is -2.56. The molecule has 0 saturated carbocycles. The van der Waals surface area contributed by atoms with Gasteiger partial charge in [0.15, 0.2) is 0 Å². The number of nitrogens with zero attached hydrogens (tertiary/aromatic N) is 7. The quantitative estimate of drug-likeness (QED) is 0.347. The lowest BCUT2D eigenvalue weighted by molar-refractivity contribution is -0.00870. The molecule has 0 amide bonds. The third-order valence-corrected chi connectivity index (χ3v) is 7.81. The minimum absolute atomic E-state index is 0.0321. The molecule has 4 saturated heterocycles. The Morgan fingerprint density at radius 1 is 1.17 bits per heavy atom. The lowest BCUT2D eigenvalue weighted by Crippen LogP contribution is -2.68. The number of hydrogen-bond acceptors (Lipinski definition) is 10. The number of pyridine rings is 1. The van der Waals surface area contributed by atoms with E-state index in [1.807, 2.05) is 11.0 Å². The van der Waals surface area contributed by atoms with Gasteiger partial charge in [0.05, 0.1) is 59.3 Å². The number of aromatic nitrogens is 4. The Morgan fingerprint density at radius 3 is 2.78 bits per heavy atom. The maximum absolute atomic E-state index is 9.73. The van der Waals surface area contributed by atoms with Crippen molar-refractivity contribution in [3.63, 3.8) is 0 Å². The predicted octanol–water partition coefficient (Wildman–Crippen LogP) is 2.50. The van der Waals surface area contributed by atoms with Crippen LogP contribution in [0.2, 0.25) is 0 Å². The van der Waals surface area contributed by atoms with Gasteiger partial charge in [-0.15, -0.1) is 0 Å². The summed E-state index contributed by atoms with van der Waals surface area (Å²) in [6.45, 7) is 1.95. The molecule has 41 heavy (non-hydrogen) atoms. The SMILES string of the molecule is [2H]C([2H])([2H])Oc1ccc(C([2H])([2H])N2C3CC2CN(c2cnc(-c4cc(OC[C@H]5CNCCO5)cn5ncc(C#N)c45)cn2)C3)cc1. The summed E-state index contributed by atoms with van der Waals surface area (Å²) in [6, 6.07) is 10.1. The molecule has 1 aromatic carbocycles. The average molecular weight is 558 g/mol. The maximum Gasteiger partial charge on any atom is 0.147 e. The topological polar surface area (TPSA) is 113 Å². The van der Waals surface area contributed by atoms with E-state index in [0.717, 1.165) is 13.0 Å². The number of fused-ring (bicyclic) bond motifs is 3. The number of piperidine rings is 1. The van der Waals surface area contributed by atoms with E-state index in [1.54, 1.807) is 35.2 Å².